The molecule has 62 heavy (non-hydrogen) atoms. The summed E-state index contributed by atoms with van der Waals surface area (Å²) in [5.41, 5.74) is 0. The fourth-order valence-electron chi connectivity index (χ4n) is 9.53. The summed E-state index contributed by atoms with van der Waals surface area (Å²) in [6, 6.07) is 0. The van der Waals surface area contributed by atoms with E-state index in [0.717, 1.165) is 25.3 Å². The van der Waals surface area contributed by atoms with Crippen molar-refractivity contribution in [1.82, 2.24) is 19.6 Å². The first-order valence-electron chi connectivity index (χ1n) is 28.8. The first-order valence-corrected chi connectivity index (χ1v) is 28.8. The summed E-state index contributed by atoms with van der Waals surface area (Å²) in [6.45, 7) is 24.9. The number of likely N-dealkylation sites (tertiary alicyclic amines) is 1. The van der Waals surface area contributed by atoms with Gasteiger partial charge in [-0.05, 0) is 117 Å². The Balaban J connectivity index is 0.00000143. The van der Waals surface area contributed by atoms with Crippen LogP contribution in [0, 0.1) is 5.92 Å². The molecule has 1 saturated heterocycles. The number of hydrogen-bond donors (Lipinski definition) is 0. The van der Waals surface area contributed by atoms with E-state index in [-0.39, 0.29) is 0 Å². The third-order valence-corrected chi connectivity index (χ3v) is 14.1. The predicted octanol–water partition coefficient (Wildman–Crippen LogP) is 16.6. The van der Waals surface area contributed by atoms with Crippen molar-refractivity contribution >= 4 is 6.29 Å². The molecule has 0 aromatic carbocycles. The summed E-state index contributed by atoms with van der Waals surface area (Å²) in [6.07, 6.45) is 54.2. The van der Waals surface area contributed by atoms with E-state index < -0.39 is 0 Å². The molecule has 0 unspecified atom stereocenters. The maximum Gasteiger partial charge on any atom is 0.133 e. The van der Waals surface area contributed by atoms with Gasteiger partial charge in [0, 0.05) is 13.1 Å². The minimum atomic E-state index is 0.631. The average molecular weight is 876 g/mol. The first-order chi connectivity index (χ1) is 30.5. The molecule has 1 fully saturated rings. The fraction of sp³-hybridized carbons (Fsp3) is 0.982. The summed E-state index contributed by atoms with van der Waals surface area (Å²) in [5, 5.41) is 0. The quantitative estimate of drug-likeness (QED) is 0.0449. The smallest absolute Gasteiger partial charge is 0.133 e. The molecular formula is C57H118N4O. The minimum absolute atomic E-state index is 0.631. The molecule has 1 heterocycles. The molecule has 1 rings (SSSR count). The molecule has 0 N–H and O–H groups in total. The van der Waals surface area contributed by atoms with Crippen molar-refractivity contribution in [2.75, 3.05) is 79.0 Å². The summed E-state index contributed by atoms with van der Waals surface area (Å²) in [7, 11) is 2.30. The van der Waals surface area contributed by atoms with Crippen LogP contribution in [0.5, 0.6) is 0 Å². The normalized spacial score (nSPS) is 13.8. The predicted molar refractivity (Wildman–Crippen MR) is 280 cm³/mol. The lowest BCUT2D eigenvalue weighted by molar-refractivity contribution is -0.108. The molecule has 0 amide bonds. The summed E-state index contributed by atoms with van der Waals surface area (Å²) in [4.78, 5) is 21.4. The first kappa shape index (κ1) is 61.5. The number of hydrogen-bond acceptors (Lipinski definition) is 5. The summed E-state index contributed by atoms with van der Waals surface area (Å²) in [5.74, 6) is 0.962. The lowest BCUT2D eigenvalue weighted by Gasteiger charge is -2.32. The van der Waals surface area contributed by atoms with Crippen molar-refractivity contribution in [2.24, 2.45) is 5.92 Å². The van der Waals surface area contributed by atoms with Crippen molar-refractivity contribution in [3.63, 3.8) is 0 Å². The number of piperidine rings is 1. The Morgan fingerprint density at radius 2 is 0.613 bits per heavy atom. The van der Waals surface area contributed by atoms with E-state index in [1.165, 1.54) is 296 Å². The molecule has 1 aliphatic heterocycles. The van der Waals surface area contributed by atoms with Gasteiger partial charge in [-0.3, -0.25) is 4.90 Å². The third kappa shape index (κ3) is 44.7. The Morgan fingerprint density at radius 1 is 0.355 bits per heavy atom. The molecule has 0 saturated carbocycles. The molecule has 0 atom stereocenters. The van der Waals surface area contributed by atoms with Gasteiger partial charge >= 0.3 is 0 Å². The summed E-state index contributed by atoms with van der Waals surface area (Å²) < 4.78 is 0. The van der Waals surface area contributed by atoms with E-state index in [2.05, 4.69) is 61.3 Å². The van der Waals surface area contributed by atoms with Crippen LogP contribution in [-0.4, -0.2) is 105 Å². The van der Waals surface area contributed by atoms with E-state index in [9.17, 15) is 4.79 Å². The molecular weight excluding hydrogens is 757 g/mol. The van der Waals surface area contributed by atoms with Crippen LogP contribution >= 0.6 is 0 Å². The van der Waals surface area contributed by atoms with E-state index in [1.807, 2.05) is 0 Å². The lowest BCUT2D eigenvalue weighted by atomic mass is 9.93. The molecule has 0 aromatic rings. The van der Waals surface area contributed by atoms with Crippen LogP contribution < -0.4 is 0 Å². The monoisotopic (exact) mass is 875 g/mol. The Kier molecular flexibility index (Phi) is 51.1. The van der Waals surface area contributed by atoms with Crippen LogP contribution in [0.25, 0.3) is 0 Å². The molecule has 0 aliphatic carbocycles. The Morgan fingerprint density at radius 3 is 0.903 bits per heavy atom. The highest BCUT2D eigenvalue weighted by Crippen LogP contribution is 2.20. The number of carbonyl (C=O) groups is 1. The van der Waals surface area contributed by atoms with E-state index in [1.54, 1.807) is 0 Å². The number of carbonyl (C=O) groups excluding carboxylic acids is 1. The van der Waals surface area contributed by atoms with E-state index in [4.69, 9.17) is 0 Å². The van der Waals surface area contributed by atoms with Crippen molar-refractivity contribution in [3.05, 3.63) is 0 Å². The molecule has 5 heteroatoms. The van der Waals surface area contributed by atoms with E-state index >= 15 is 0 Å². The van der Waals surface area contributed by atoms with Gasteiger partial charge in [0.2, 0.25) is 0 Å². The molecule has 372 valence electrons. The number of aldehydes is 1. The van der Waals surface area contributed by atoms with Crippen LogP contribution in [0.15, 0.2) is 0 Å². The average Bonchev–Trinajstić information content (AvgIpc) is 3.28. The van der Waals surface area contributed by atoms with Crippen molar-refractivity contribution in [1.29, 1.82) is 0 Å². The van der Waals surface area contributed by atoms with Crippen LogP contribution in [0.2, 0.25) is 0 Å². The van der Waals surface area contributed by atoms with Crippen molar-refractivity contribution in [3.8, 4) is 0 Å². The van der Waals surface area contributed by atoms with E-state index in [0.29, 0.717) is 6.54 Å². The zero-order chi connectivity index (χ0) is 45.2. The maximum atomic E-state index is 10.8. The highest BCUT2D eigenvalue weighted by molar-refractivity contribution is 5.51. The second-order valence-corrected chi connectivity index (χ2v) is 20.3. The van der Waals surface area contributed by atoms with Gasteiger partial charge in [0.15, 0.2) is 0 Å². The van der Waals surface area contributed by atoms with Gasteiger partial charge < -0.3 is 19.5 Å². The molecule has 1 aliphatic rings. The maximum absolute atomic E-state index is 10.8. The van der Waals surface area contributed by atoms with Crippen LogP contribution in [0.3, 0.4) is 0 Å². The summed E-state index contributed by atoms with van der Waals surface area (Å²) >= 11 is 0. The zero-order valence-electron chi connectivity index (χ0n) is 44.0. The highest BCUT2D eigenvalue weighted by atomic mass is 16.1. The Bertz CT molecular complexity index is 796. The second kappa shape index (κ2) is 51.5. The van der Waals surface area contributed by atoms with Crippen LogP contribution in [0.4, 0.5) is 0 Å². The third-order valence-electron chi connectivity index (χ3n) is 14.1. The van der Waals surface area contributed by atoms with Gasteiger partial charge in [-0.2, -0.15) is 0 Å². The van der Waals surface area contributed by atoms with Gasteiger partial charge in [0.05, 0.1) is 6.54 Å². The minimum Gasteiger partial charge on any atom is -0.306 e. The number of nitrogens with zero attached hydrogens (tertiary/aromatic N) is 4. The number of unbranched alkanes of at least 4 members (excludes halogenated alkanes) is 30. The SMILES string of the molecule is CCCCCCCCCN(CC=O)CCCCCCCCC.CCCCCCCCCN(CCCCCCCCC)CCN(CCCCCCCCC)CCC1CCN(C)CC1. The van der Waals surface area contributed by atoms with Gasteiger partial charge in [0.1, 0.15) is 6.29 Å². The van der Waals surface area contributed by atoms with Crippen LogP contribution in [0.1, 0.15) is 279 Å². The van der Waals surface area contributed by atoms with Gasteiger partial charge in [-0.15, -0.1) is 0 Å². The molecule has 5 nitrogen and oxygen atoms in total. The second-order valence-electron chi connectivity index (χ2n) is 20.3. The molecule has 0 radical (unpaired) electrons. The topological polar surface area (TPSA) is 30.0 Å². The Hall–Kier alpha value is -0.490. The molecule has 0 spiro atoms. The fourth-order valence-corrected chi connectivity index (χ4v) is 9.53. The lowest BCUT2D eigenvalue weighted by Crippen LogP contribution is -2.38. The van der Waals surface area contributed by atoms with Gasteiger partial charge in [-0.1, -0.05) is 227 Å². The number of rotatable bonds is 48. The highest BCUT2D eigenvalue weighted by Gasteiger charge is 2.18. The van der Waals surface area contributed by atoms with Gasteiger partial charge in [0.25, 0.3) is 0 Å². The standard InChI is InChI=1S/C37H77N3.C20H41NO/c1-5-8-11-14-17-20-23-29-39(30-24-21-18-15-12-9-6-2)35-36-40(31-25-22-19-16-13-10-7-3)34-28-37-26-32-38(4)33-27-37;1-3-5-7-9-11-13-15-17-21(19-20-22)18-16-14-12-10-8-6-4-2/h37H,5-36H2,1-4H3;20H,3-19H2,1-2H3. The van der Waals surface area contributed by atoms with Gasteiger partial charge in [-0.25, -0.2) is 0 Å². The van der Waals surface area contributed by atoms with Crippen molar-refractivity contribution < 1.29 is 4.79 Å². The van der Waals surface area contributed by atoms with Crippen molar-refractivity contribution in [2.45, 2.75) is 279 Å². The molecule has 0 aromatic heterocycles. The largest absolute Gasteiger partial charge is 0.306 e. The Labute approximate surface area is 392 Å². The zero-order valence-corrected chi connectivity index (χ0v) is 44.0. The van der Waals surface area contributed by atoms with Crippen LogP contribution in [-0.2, 0) is 4.79 Å². The molecule has 0 bridgehead atoms.